The molecule has 0 atom stereocenters. The minimum atomic E-state index is -3.64. The highest BCUT2D eigenvalue weighted by Gasteiger charge is 2.22. The number of para-hydroxylation sites is 1. The number of hydrogen-bond acceptors (Lipinski definition) is 7. The number of benzene rings is 2. The molecule has 2 N–H and O–H groups in total. The number of carbonyl (C=O) groups is 2. The van der Waals surface area contributed by atoms with Gasteiger partial charge in [-0.25, -0.2) is 8.42 Å². The summed E-state index contributed by atoms with van der Waals surface area (Å²) in [4.78, 5) is 24.4. The van der Waals surface area contributed by atoms with Crippen LogP contribution in [0, 0.1) is 6.92 Å². The number of fused-ring (bicyclic) bond motifs is 1. The van der Waals surface area contributed by atoms with Gasteiger partial charge in [0, 0.05) is 18.0 Å². The number of thiophene rings is 1. The minimum absolute atomic E-state index is 0.111. The summed E-state index contributed by atoms with van der Waals surface area (Å²) in [5.41, 5.74) is 6.28. The lowest BCUT2D eigenvalue weighted by molar-refractivity contribution is -0.123. The van der Waals surface area contributed by atoms with Crippen LogP contribution in [-0.4, -0.2) is 33.9 Å². The largest absolute Gasteiger partial charge is 0.484 e. The maximum absolute atomic E-state index is 12.6. The zero-order chi connectivity index (χ0) is 24.3. The van der Waals surface area contributed by atoms with Crippen LogP contribution in [-0.2, 0) is 14.8 Å². The van der Waals surface area contributed by atoms with Crippen LogP contribution >= 0.6 is 11.3 Å². The minimum Gasteiger partial charge on any atom is -0.484 e. The maximum Gasteiger partial charge on any atom is 0.305 e. The molecule has 0 saturated heterocycles. The number of furan rings is 1. The van der Waals surface area contributed by atoms with E-state index >= 15 is 0 Å². The fraction of sp³-hybridized carbons (Fsp3) is 0.130. The number of sulfonamides is 1. The smallest absolute Gasteiger partial charge is 0.305 e. The van der Waals surface area contributed by atoms with E-state index in [1.54, 1.807) is 60.8 Å². The Bertz CT molecular complexity index is 1430. The zero-order valence-corrected chi connectivity index (χ0v) is 19.9. The SMILES string of the molecule is Cc1c(C(=O)NNC(=O)COc2ccc(N(C)S(=O)(=O)c3cccs3)cc2)oc2ccccc12. The van der Waals surface area contributed by atoms with E-state index in [-0.39, 0.29) is 16.6 Å². The Hall–Kier alpha value is -3.83. The molecule has 176 valence electrons. The molecule has 2 amide bonds. The number of hydrazine groups is 1. The van der Waals surface area contributed by atoms with Crippen LogP contribution in [0.5, 0.6) is 5.75 Å². The second-order valence-corrected chi connectivity index (χ2v) is 10.4. The van der Waals surface area contributed by atoms with Gasteiger partial charge in [-0.1, -0.05) is 24.3 Å². The van der Waals surface area contributed by atoms with Crippen LogP contribution in [0.3, 0.4) is 0 Å². The number of aryl methyl sites for hydroxylation is 1. The fourth-order valence-corrected chi connectivity index (χ4v) is 5.55. The van der Waals surface area contributed by atoms with Gasteiger partial charge in [0.1, 0.15) is 15.5 Å². The van der Waals surface area contributed by atoms with Crippen molar-refractivity contribution in [1.82, 2.24) is 10.9 Å². The number of nitrogens with one attached hydrogen (secondary N) is 2. The lowest BCUT2D eigenvalue weighted by Crippen LogP contribution is -2.43. The molecule has 0 fully saturated rings. The first-order valence-electron chi connectivity index (χ1n) is 10.1. The van der Waals surface area contributed by atoms with Crippen LogP contribution in [0.2, 0.25) is 0 Å². The van der Waals surface area contributed by atoms with Crippen molar-refractivity contribution in [2.75, 3.05) is 18.0 Å². The molecule has 0 aliphatic carbocycles. The molecular weight excluding hydrogens is 478 g/mol. The highest BCUT2D eigenvalue weighted by molar-refractivity contribution is 7.94. The fourth-order valence-electron chi connectivity index (χ4n) is 3.20. The number of amides is 2. The summed E-state index contributed by atoms with van der Waals surface area (Å²) in [5, 5.41) is 2.52. The summed E-state index contributed by atoms with van der Waals surface area (Å²) in [6.07, 6.45) is 0. The van der Waals surface area contributed by atoms with Crippen molar-refractivity contribution in [2.24, 2.45) is 0 Å². The van der Waals surface area contributed by atoms with E-state index in [4.69, 9.17) is 9.15 Å². The van der Waals surface area contributed by atoms with Gasteiger partial charge < -0.3 is 9.15 Å². The second kappa shape index (κ2) is 9.57. The summed E-state index contributed by atoms with van der Waals surface area (Å²) < 4.78 is 37.6. The Balaban J connectivity index is 1.30. The molecular formula is C23H21N3O6S2. The molecule has 0 aliphatic rings. The Labute approximate surface area is 200 Å². The van der Waals surface area contributed by atoms with Gasteiger partial charge in [0.05, 0.1) is 5.69 Å². The molecule has 0 bridgehead atoms. The van der Waals surface area contributed by atoms with E-state index in [9.17, 15) is 18.0 Å². The van der Waals surface area contributed by atoms with Gasteiger partial charge in [0.25, 0.3) is 15.9 Å². The molecule has 2 aromatic heterocycles. The normalized spacial score (nSPS) is 11.2. The summed E-state index contributed by atoms with van der Waals surface area (Å²) >= 11 is 1.14. The van der Waals surface area contributed by atoms with Crippen molar-refractivity contribution in [3.63, 3.8) is 0 Å². The van der Waals surface area contributed by atoms with Crippen molar-refractivity contribution < 1.29 is 27.2 Å². The number of rotatable bonds is 7. The third-order valence-electron chi connectivity index (χ3n) is 5.05. The highest BCUT2D eigenvalue weighted by atomic mass is 32.2. The standard InChI is InChI=1S/C23H21N3O6S2/c1-15-18-6-3-4-7-19(18)32-22(15)23(28)25-24-20(27)14-31-17-11-9-16(10-12-17)26(2)34(29,30)21-8-5-13-33-21/h3-13H,14H2,1-2H3,(H,24,27)(H,25,28). The number of nitrogens with zero attached hydrogens (tertiary/aromatic N) is 1. The molecule has 34 heavy (non-hydrogen) atoms. The van der Waals surface area contributed by atoms with Crippen LogP contribution in [0.15, 0.2) is 74.7 Å². The number of ether oxygens (including phenoxy) is 1. The van der Waals surface area contributed by atoms with Gasteiger partial charge in [-0.2, -0.15) is 0 Å². The predicted molar refractivity (Wildman–Crippen MR) is 128 cm³/mol. The van der Waals surface area contributed by atoms with E-state index in [0.29, 0.717) is 22.6 Å². The Morgan fingerprint density at radius 1 is 1.03 bits per heavy atom. The van der Waals surface area contributed by atoms with E-state index in [1.807, 2.05) is 12.1 Å². The lowest BCUT2D eigenvalue weighted by Gasteiger charge is -2.18. The Morgan fingerprint density at radius 2 is 1.76 bits per heavy atom. The van der Waals surface area contributed by atoms with Crippen molar-refractivity contribution in [2.45, 2.75) is 11.1 Å². The first kappa shape index (κ1) is 23.3. The average molecular weight is 500 g/mol. The number of hydrogen-bond donors (Lipinski definition) is 2. The lowest BCUT2D eigenvalue weighted by atomic mass is 10.1. The first-order chi connectivity index (χ1) is 16.3. The molecule has 0 radical (unpaired) electrons. The molecule has 9 nitrogen and oxygen atoms in total. The van der Waals surface area contributed by atoms with Gasteiger partial charge in [-0.3, -0.25) is 24.7 Å². The predicted octanol–water partition coefficient (Wildman–Crippen LogP) is 3.47. The van der Waals surface area contributed by atoms with Crippen LogP contribution in [0.4, 0.5) is 5.69 Å². The first-order valence-corrected chi connectivity index (χ1v) is 12.4. The summed E-state index contributed by atoms with van der Waals surface area (Å²) in [6.45, 7) is 1.40. The van der Waals surface area contributed by atoms with E-state index in [2.05, 4.69) is 10.9 Å². The monoisotopic (exact) mass is 499 g/mol. The topological polar surface area (TPSA) is 118 Å². The quantitative estimate of drug-likeness (QED) is 0.376. The molecule has 2 heterocycles. The molecule has 4 rings (SSSR count). The average Bonchev–Trinajstić information content (AvgIpc) is 3.50. The van der Waals surface area contributed by atoms with Gasteiger partial charge in [0.15, 0.2) is 12.4 Å². The van der Waals surface area contributed by atoms with Crippen molar-refractivity contribution in [3.05, 3.63) is 77.4 Å². The third-order valence-corrected chi connectivity index (χ3v) is 8.20. The van der Waals surface area contributed by atoms with Crippen molar-refractivity contribution >= 4 is 49.8 Å². The second-order valence-electron chi connectivity index (χ2n) is 7.24. The van der Waals surface area contributed by atoms with Crippen LogP contribution in [0.1, 0.15) is 16.1 Å². The summed E-state index contributed by atoms with van der Waals surface area (Å²) in [5.74, 6) is -0.690. The van der Waals surface area contributed by atoms with Gasteiger partial charge >= 0.3 is 5.91 Å². The summed E-state index contributed by atoms with van der Waals surface area (Å²) in [6, 6.07) is 16.7. The van der Waals surface area contributed by atoms with E-state index in [0.717, 1.165) is 16.7 Å². The van der Waals surface area contributed by atoms with Gasteiger partial charge in [0.2, 0.25) is 0 Å². The molecule has 4 aromatic rings. The number of carbonyl (C=O) groups excluding carboxylic acids is 2. The molecule has 11 heteroatoms. The van der Waals surface area contributed by atoms with Crippen molar-refractivity contribution in [3.8, 4) is 5.75 Å². The van der Waals surface area contributed by atoms with E-state index < -0.39 is 21.8 Å². The maximum atomic E-state index is 12.6. The van der Waals surface area contributed by atoms with Crippen LogP contribution in [0.25, 0.3) is 11.0 Å². The summed E-state index contributed by atoms with van der Waals surface area (Å²) in [7, 11) is -2.18. The van der Waals surface area contributed by atoms with Gasteiger partial charge in [-0.15, -0.1) is 11.3 Å². The molecule has 0 saturated carbocycles. The van der Waals surface area contributed by atoms with Crippen LogP contribution < -0.4 is 19.9 Å². The molecule has 0 spiro atoms. The van der Waals surface area contributed by atoms with E-state index in [1.165, 1.54) is 11.4 Å². The highest BCUT2D eigenvalue weighted by Crippen LogP contribution is 2.27. The molecule has 0 aliphatic heterocycles. The van der Waals surface area contributed by atoms with Crippen molar-refractivity contribution in [1.29, 1.82) is 0 Å². The number of anilines is 1. The van der Waals surface area contributed by atoms with Gasteiger partial charge in [-0.05, 0) is 48.7 Å². The molecule has 0 unspecified atom stereocenters. The Kier molecular flexibility index (Phi) is 6.57. The zero-order valence-electron chi connectivity index (χ0n) is 18.3. The Morgan fingerprint density at radius 3 is 2.44 bits per heavy atom. The molecule has 2 aromatic carbocycles. The third kappa shape index (κ3) is 4.75.